The molecule has 0 aromatic heterocycles. The van der Waals surface area contributed by atoms with Gasteiger partial charge in [0.1, 0.15) is 0 Å². The average molecular weight is 319 g/mol. The van der Waals surface area contributed by atoms with Crippen molar-refractivity contribution in [3.8, 4) is 0 Å². The Labute approximate surface area is 125 Å². The normalized spacial score (nSPS) is 25.9. The monoisotopic (exact) mass is 319 g/mol. The van der Waals surface area contributed by atoms with E-state index in [1.54, 1.807) is 0 Å². The smallest absolute Gasteiger partial charge is 0.327 e. The van der Waals surface area contributed by atoms with Gasteiger partial charge >= 0.3 is 6.18 Å². The number of nitrogens with two attached hydrogens (primary N) is 1. The molecule has 3 atom stereocenters. The molecule has 2 rings (SSSR count). The molecule has 118 valence electrons. The van der Waals surface area contributed by atoms with Crippen LogP contribution in [-0.4, -0.2) is 15.5 Å². The van der Waals surface area contributed by atoms with Crippen LogP contribution in [0.25, 0.3) is 0 Å². The fraction of sp³-hybridized carbons (Fsp3) is 0.600. The van der Waals surface area contributed by atoms with Gasteiger partial charge in [0, 0.05) is 10.9 Å². The van der Waals surface area contributed by atoms with Crippen LogP contribution >= 0.6 is 0 Å². The predicted molar refractivity (Wildman–Crippen MR) is 77.3 cm³/mol. The van der Waals surface area contributed by atoms with Crippen molar-refractivity contribution >= 4 is 10.8 Å². The molecule has 0 spiro atoms. The van der Waals surface area contributed by atoms with Gasteiger partial charge in [-0.2, -0.15) is 13.2 Å². The third kappa shape index (κ3) is 4.30. The van der Waals surface area contributed by atoms with Crippen molar-refractivity contribution < 1.29 is 17.4 Å². The van der Waals surface area contributed by atoms with E-state index in [9.17, 15) is 17.4 Å². The van der Waals surface area contributed by atoms with E-state index in [4.69, 9.17) is 5.73 Å². The van der Waals surface area contributed by atoms with E-state index in [2.05, 4.69) is 0 Å². The molecule has 1 saturated carbocycles. The zero-order valence-electron chi connectivity index (χ0n) is 11.7. The van der Waals surface area contributed by atoms with Crippen LogP contribution in [0, 0.1) is 0 Å². The highest BCUT2D eigenvalue weighted by molar-refractivity contribution is 7.85. The molecule has 2 N–H and O–H groups in total. The number of hydrogen-bond acceptors (Lipinski definition) is 2. The van der Waals surface area contributed by atoms with Crippen LogP contribution in [0.15, 0.2) is 29.2 Å². The number of halogens is 3. The van der Waals surface area contributed by atoms with E-state index in [-0.39, 0.29) is 16.2 Å². The number of hydrogen-bond donors (Lipinski definition) is 1. The van der Waals surface area contributed by atoms with Crippen LogP contribution in [0.5, 0.6) is 0 Å². The molecule has 1 aliphatic carbocycles. The first-order valence-corrected chi connectivity index (χ1v) is 8.44. The maximum absolute atomic E-state index is 12.7. The van der Waals surface area contributed by atoms with Crippen molar-refractivity contribution in [1.29, 1.82) is 0 Å². The predicted octanol–water partition coefficient (Wildman–Crippen LogP) is 3.86. The summed E-state index contributed by atoms with van der Waals surface area (Å²) < 4.78 is 50.9. The second-order valence-corrected chi connectivity index (χ2v) is 7.19. The number of rotatable bonds is 2. The van der Waals surface area contributed by atoms with E-state index in [0.29, 0.717) is 6.42 Å². The first kappa shape index (κ1) is 16.5. The summed E-state index contributed by atoms with van der Waals surface area (Å²) in [6, 6.07) is 4.59. The van der Waals surface area contributed by atoms with Crippen molar-refractivity contribution in [1.82, 2.24) is 0 Å². The number of benzene rings is 1. The van der Waals surface area contributed by atoms with E-state index < -0.39 is 22.5 Å². The fourth-order valence-electron chi connectivity index (χ4n) is 2.72. The highest BCUT2D eigenvalue weighted by Crippen LogP contribution is 2.31. The Hall–Kier alpha value is -0.880. The highest BCUT2D eigenvalue weighted by atomic mass is 32.2. The Morgan fingerprint density at radius 1 is 1.10 bits per heavy atom. The quantitative estimate of drug-likeness (QED) is 0.899. The molecule has 21 heavy (non-hydrogen) atoms. The third-order valence-electron chi connectivity index (χ3n) is 3.92. The maximum Gasteiger partial charge on any atom is 0.416 e. The standard InChI is InChI=1S/C15H20F3NOS/c16-15(17,18)11-6-5-7-12(10-11)21(20)14-9-4-2-1-3-8-13(14)19/h5-7,10,13-14H,1-4,8-9,19H2. The minimum Gasteiger partial charge on any atom is -0.327 e. The van der Waals surface area contributed by atoms with Crippen LogP contribution in [0.3, 0.4) is 0 Å². The van der Waals surface area contributed by atoms with Crippen molar-refractivity contribution in [3.05, 3.63) is 29.8 Å². The van der Waals surface area contributed by atoms with Crippen molar-refractivity contribution in [2.24, 2.45) is 5.73 Å². The van der Waals surface area contributed by atoms with E-state index >= 15 is 0 Å². The van der Waals surface area contributed by atoms with Gasteiger partial charge in [-0.1, -0.05) is 31.7 Å². The zero-order valence-corrected chi connectivity index (χ0v) is 12.6. The summed E-state index contributed by atoms with van der Waals surface area (Å²) in [5, 5.41) is -0.256. The lowest BCUT2D eigenvalue weighted by Gasteiger charge is -2.25. The molecule has 0 saturated heterocycles. The Morgan fingerprint density at radius 2 is 1.76 bits per heavy atom. The highest BCUT2D eigenvalue weighted by Gasteiger charge is 2.32. The van der Waals surface area contributed by atoms with Gasteiger partial charge in [0.05, 0.1) is 21.6 Å². The molecule has 0 aliphatic heterocycles. The second-order valence-electron chi connectivity index (χ2n) is 5.52. The van der Waals surface area contributed by atoms with Gasteiger partial charge in [0.15, 0.2) is 0 Å². The van der Waals surface area contributed by atoms with Crippen LogP contribution < -0.4 is 5.73 Å². The molecule has 6 heteroatoms. The lowest BCUT2D eigenvalue weighted by Crippen LogP contribution is -2.38. The molecule has 0 radical (unpaired) electrons. The molecule has 1 aromatic carbocycles. The van der Waals surface area contributed by atoms with Crippen LogP contribution in [0.4, 0.5) is 13.2 Å². The van der Waals surface area contributed by atoms with Crippen molar-refractivity contribution in [2.45, 2.75) is 60.9 Å². The van der Waals surface area contributed by atoms with E-state index in [1.807, 2.05) is 0 Å². The largest absolute Gasteiger partial charge is 0.416 e. The van der Waals surface area contributed by atoms with E-state index in [0.717, 1.165) is 44.2 Å². The fourth-order valence-corrected chi connectivity index (χ4v) is 4.36. The summed E-state index contributed by atoms with van der Waals surface area (Å²) in [5.74, 6) is 0. The third-order valence-corrected chi connectivity index (χ3v) is 5.78. The van der Waals surface area contributed by atoms with Crippen molar-refractivity contribution in [3.63, 3.8) is 0 Å². The summed E-state index contributed by atoms with van der Waals surface area (Å²) in [6.45, 7) is 0. The number of alkyl halides is 3. The molecule has 0 amide bonds. The Kier molecular flexibility index (Phi) is 5.43. The molecular weight excluding hydrogens is 299 g/mol. The van der Waals surface area contributed by atoms with Gasteiger partial charge < -0.3 is 5.73 Å². The van der Waals surface area contributed by atoms with Gasteiger partial charge in [0.25, 0.3) is 0 Å². The van der Waals surface area contributed by atoms with Crippen molar-refractivity contribution in [2.75, 3.05) is 0 Å². The molecule has 0 bridgehead atoms. The molecule has 0 heterocycles. The summed E-state index contributed by atoms with van der Waals surface area (Å²) >= 11 is 0. The first-order valence-electron chi connectivity index (χ1n) is 7.23. The van der Waals surface area contributed by atoms with Crippen LogP contribution in [-0.2, 0) is 17.0 Å². The minimum absolute atomic E-state index is 0.208. The lowest BCUT2D eigenvalue weighted by molar-refractivity contribution is -0.137. The van der Waals surface area contributed by atoms with Crippen LogP contribution in [0.2, 0.25) is 0 Å². The first-order chi connectivity index (χ1) is 9.89. The topological polar surface area (TPSA) is 43.1 Å². The molecule has 1 aliphatic rings. The van der Waals surface area contributed by atoms with E-state index in [1.165, 1.54) is 12.1 Å². The molecule has 1 aromatic rings. The maximum atomic E-state index is 12.7. The SMILES string of the molecule is NC1CCCCCCC1S(=O)c1cccc(C(F)(F)F)c1. The Balaban J connectivity index is 2.21. The second kappa shape index (κ2) is 6.92. The van der Waals surface area contributed by atoms with Gasteiger partial charge in [-0.25, -0.2) is 0 Å². The van der Waals surface area contributed by atoms with Gasteiger partial charge in [-0.15, -0.1) is 0 Å². The Morgan fingerprint density at radius 3 is 2.43 bits per heavy atom. The summed E-state index contributed by atoms with van der Waals surface area (Å²) in [7, 11) is -1.49. The average Bonchev–Trinajstić information content (AvgIpc) is 2.42. The van der Waals surface area contributed by atoms with Crippen LogP contribution in [0.1, 0.15) is 44.1 Å². The molecular formula is C15H20F3NOS. The molecule has 3 unspecified atom stereocenters. The molecule has 2 nitrogen and oxygen atoms in total. The molecule has 1 fully saturated rings. The minimum atomic E-state index is -4.41. The summed E-state index contributed by atoms with van der Waals surface area (Å²) in [4.78, 5) is 0.228. The van der Waals surface area contributed by atoms with Gasteiger partial charge in [0.2, 0.25) is 0 Å². The summed E-state index contributed by atoms with van der Waals surface area (Å²) in [6.07, 6.45) is 1.21. The van der Waals surface area contributed by atoms with Gasteiger partial charge in [-0.3, -0.25) is 4.21 Å². The zero-order chi connectivity index (χ0) is 15.5. The van der Waals surface area contributed by atoms with Gasteiger partial charge in [-0.05, 0) is 31.0 Å². The summed E-state index contributed by atoms with van der Waals surface area (Å²) in [5.41, 5.74) is 5.34. The Bertz CT molecular complexity index is 504. The lowest BCUT2D eigenvalue weighted by atomic mass is 9.97.